The molecule has 1 atom stereocenters. The lowest BCUT2D eigenvalue weighted by molar-refractivity contribution is -0.120. The van der Waals surface area contributed by atoms with Gasteiger partial charge in [0.05, 0.1) is 6.42 Å². The first-order valence-electron chi connectivity index (χ1n) is 4.85. The third kappa shape index (κ3) is 5.67. The fraction of sp³-hybridized carbons (Fsp3) is 0.364. The molecule has 1 aromatic carbocycles. The van der Waals surface area contributed by atoms with E-state index >= 15 is 0 Å². The van der Waals surface area contributed by atoms with Crippen molar-refractivity contribution in [2.45, 2.75) is 19.4 Å². The zero-order valence-corrected chi connectivity index (χ0v) is 12.0. The summed E-state index contributed by atoms with van der Waals surface area (Å²) in [6, 6.07) is 7.96. The number of rotatable bonds is 4. The van der Waals surface area contributed by atoms with Gasteiger partial charge in [-0.15, -0.1) is 12.4 Å². The first-order chi connectivity index (χ1) is 7.11. The molecular formula is C11H16ClIN2O. The molecule has 0 saturated heterocycles. The van der Waals surface area contributed by atoms with Crippen molar-refractivity contribution in [1.29, 1.82) is 0 Å². The van der Waals surface area contributed by atoms with E-state index in [1.807, 2.05) is 31.2 Å². The zero-order chi connectivity index (χ0) is 11.3. The SMILES string of the molecule is C[C@H](CN)NC(=O)Cc1cccc(I)c1.Cl. The highest BCUT2D eigenvalue weighted by Gasteiger charge is 2.06. The van der Waals surface area contributed by atoms with Crippen LogP contribution in [-0.2, 0) is 11.2 Å². The van der Waals surface area contributed by atoms with E-state index in [1.165, 1.54) is 0 Å². The maximum Gasteiger partial charge on any atom is 0.224 e. The second-order valence-electron chi connectivity index (χ2n) is 3.51. The van der Waals surface area contributed by atoms with Gasteiger partial charge in [-0.3, -0.25) is 4.79 Å². The van der Waals surface area contributed by atoms with Gasteiger partial charge >= 0.3 is 0 Å². The van der Waals surface area contributed by atoms with Crippen LogP contribution in [0.4, 0.5) is 0 Å². The Kier molecular flexibility index (Phi) is 7.70. The summed E-state index contributed by atoms with van der Waals surface area (Å²) in [6.07, 6.45) is 0.418. The van der Waals surface area contributed by atoms with Crippen molar-refractivity contribution in [3.05, 3.63) is 33.4 Å². The summed E-state index contributed by atoms with van der Waals surface area (Å²) in [6.45, 7) is 2.37. The van der Waals surface area contributed by atoms with E-state index in [0.717, 1.165) is 9.13 Å². The van der Waals surface area contributed by atoms with Crippen molar-refractivity contribution in [2.75, 3.05) is 6.54 Å². The van der Waals surface area contributed by atoms with Crippen LogP contribution in [0, 0.1) is 3.57 Å². The van der Waals surface area contributed by atoms with Gasteiger partial charge in [-0.2, -0.15) is 0 Å². The monoisotopic (exact) mass is 354 g/mol. The Morgan fingerprint density at radius 2 is 2.25 bits per heavy atom. The van der Waals surface area contributed by atoms with E-state index in [9.17, 15) is 4.79 Å². The van der Waals surface area contributed by atoms with Gasteiger partial charge in [0.2, 0.25) is 5.91 Å². The zero-order valence-electron chi connectivity index (χ0n) is 9.07. The van der Waals surface area contributed by atoms with Crippen LogP contribution in [0.1, 0.15) is 12.5 Å². The van der Waals surface area contributed by atoms with Crippen LogP contribution in [0.2, 0.25) is 0 Å². The highest BCUT2D eigenvalue weighted by molar-refractivity contribution is 14.1. The summed E-state index contributed by atoms with van der Waals surface area (Å²) in [5, 5.41) is 2.83. The molecule has 0 unspecified atom stereocenters. The summed E-state index contributed by atoms with van der Waals surface area (Å²) >= 11 is 2.23. The standard InChI is InChI=1S/C11H15IN2O.ClH/c1-8(7-13)14-11(15)6-9-3-2-4-10(12)5-9;/h2-5,8H,6-7,13H2,1H3,(H,14,15);1H/t8-;/m1./s1. The smallest absolute Gasteiger partial charge is 0.224 e. The van der Waals surface area contributed by atoms with Gasteiger partial charge in [-0.1, -0.05) is 12.1 Å². The molecule has 1 aromatic rings. The molecule has 90 valence electrons. The predicted octanol–water partition coefficient (Wildman–Crippen LogP) is 1.72. The average Bonchev–Trinajstić information content (AvgIpc) is 2.17. The van der Waals surface area contributed by atoms with Gasteiger partial charge < -0.3 is 11.1 Å². The van der Waals surface area contributed by atoms with Crippen LogP contribution in [0.25, 0.3) is 0 Å². The van der Waals surface area contributed by atoms with E-state index in [4.69, 9.17) is 5.73 Å². The summed E-state index contributed by atoms with van der Waals surface area (Å²) in [4.78, 5) is 11.5. The summed E-state index contributed by atoms with van der Waals surface area (Å²) in [5.41, 5.74) is 6.45. The van der Waals surface area contributed by atoms with Crippen LogP contribution < -0.4 is 11.1 Å². The van der Waals surface area contributed by atoms with Crippen LogP contribution in [0.3, 0.4) is 0 Å². The summed E-state index contributed by atoms with van der Waals surface area (Å²) in [5.74, 6) is 0.0231. The Morgan fingerprint density at radius 3 is 2.81 bits per heavy atom. The number of carbonyl (C=O) groups excluding carboxylic acids is 1. The predicted molar refractivity (Wildman–Crippen MR) is 76.8 cm³/mol. The van der Waals surface area contributed by atoms with Crippen molar-refractivity contribution in [3.8, 4) is 0 Å². The van der Waals surface area contributed by atoms with E-state index < -0.39 is 0 Å². The minimum Gasteiger partial charge on any atom is -0.352 e. The molecule has 0 bridgehead atoms. The Balaban J connectivity index is 0.00000225. The molecule has 3 N–H and O–H groups in total. The lowest BCUT2D eigenvalue weighted by Crippen LogP contribution is -2.38. The third-order valence-electron chi connectivity index (χ3n) is 2.01. The number of hydrogen-bond donors (Lipinski definition) is 2. The summed E-state index contributed by atoms with van der Waals surface area (Å²) in [7, 11) is 0. The highest BCUT2D eigenvalue weighted by Crippen LogP contribution is 2.08. The molecule has 0 saturated carbocycles. The molecule has 0 aliphatic carbocycles. The number of nitrogens with one attached hydrogen (secondary N) is 1. The molecule has 1 amide bonds. The molecule has 5 heteroatoms. The number of amides is 1. The maximum absolute atomic E-state index is 11.5. The fourth-order valence-corrected chi connectivity index (χ4v) is 1.82. The Labute approximate surface area is 116 Å². The van der Waals surface area contributed by atoms with E-state index in [1.54, 1.807) is 0 Å². The first-order valence-corrected chi connectivity index (χ1v) is 5.93. The van der Waals surface area contributed by atoms with E-state index in [2.05, 4.69) is 27.9 Å². The number of carbonyl (C=O) groups is 1. The molecule has 0 aromatic heterocycles. The lowest BCUT2D eigenvalue weighted by atomic mass is 10.1. The molecule has 0 aliphatic heterocycles. The van der Waals surface area contributed by atoms with Crippen LogP contribution >= 0.6 is 35.0 Å². The van der Waals surface area contributed by atoms with Crippen LogP contribution in [0.5, 0.6) is 0 Å². The Hall–Kier alpha value is -0.330. The third-order valence-corrected chi connectivity index (χ3v) is 2.69. The molecule has 0 heterocycles. The topological polar surface area (TPSA) is 55.1 Å². The quantitative estimate of drug-likeness (QED) is 0.809. The fourth-order valence-electron chi connectivity index (χ4n) is 1.22. The van der Waals surface area contributed by atoms with Crippen molar-refractivity contribution < 1.29 is 4.79 Å². The molecule has 0 fully saturated rings. The molecule has 16 heavy (non-hydrogen) atoms. The molecule has 1 rings (SSSR count). The molecule has 0 spiro atoms. The second-order valence-corrected chi connectivity index (χ2v) is 4.76. The van der Waals surface area contributed by atoms with Crippen LogP contribution in [-0.4, -0.2) is 18.5 Å². The van der Waals surface area contributed by atoms with Crippen molar-refractivity contribution in [2.24, 2.45) is 5.73 Å². The second kappa shape index (κ2) is 7.86. The number of halogens is 2. The van der Waals surface area contributed by atoms with Gasteiger partial charge in [0.1, 0.15) is 0 Å². The Bertz CT molecular complexity index is 347. The van der Waals surface area contributed by atoms with Crippen molar-refractivity contribution >= 4 is 40.9 Å². The van der Waals surface area contributed by atoms with Gasteiger partial charge in [-0.05, 0) is 47.2 Å². The van der Waals surface area contributed by atoms with Gasteiger partial charge in [0.25, 0.3) is 0 Å². The van der Waals surface area contributed by atoms with Crippen molar-refractivity contribution in [1.82, 2.24) is 5.32 Å². The number of hydrogen-bond acceptors (Lipinski definition) is 2. The van der Waals surface area contributed by atoms with Crippen LogP contribution in [0.15, 0.2) is 24.3 Å². The molecular weight excluding hydrogens is 338 g/mol. The van der Waals surface area contributed by atoms with Crippen molar-refractivity contribution in [3.63, 3.8) is 0 Å². The lowest BCUT2D eigenvalue weighted by Gasteiger charge is -2.11. The summed E-state index contributed by atoms with van der Waals surface area (Å²) < 4.78 is 1.14. The minimum atomic E-state index is 0. The highest BCUT2D eigenvalue weighted by atomic mass is 127. The minimum absolute atomic E-state index is 0. The first kappa shape index (κ1) is 15.7. The van der Waals surface area contributed by atoms with E-state index in [-0.39, 0.29) is 24.4 Å². The molecule has 0 radical (unpaired) electrons. The number of benzene rings is 1. The average molecular weight is 355 g/mol. The maximum atomic E-state index is 11.5. The van der Waals surface area contributed by atoms with Gasteiger partial charge in [-0.25, -0.2) is 0 Å². The van der Waals surface area contributed by atoms with Gasteiger partial charge in [0.15, 0.2) is 0 Å². The number of nitrogens with two attached hydrogens (primary N) is 1. The normalized spacial score (nSPS) is 11.4. The molecule has 3 nitrogen and oxygen atoms in total. The Morgan fingerprint density at radius 1 is 1.56 bits per heavy atom. The van der Waals surface area contributed by atoms with E-state index in [0.29, 0.717) is 13.0 Å². The largest absolute Gasteiger partial charge is 0.352 e. The van der Waals surface area contributed by atoms with Gasteiger partial charge in [0, 0.05) is 16.2 Å². The molecule has 0 aliphatic rings.